The van der Waals surface area contributed by atoms with Crippen LogP contribution >= 0.6 is 0 Å². The summed E-state index contributed by atoms with van der Waals surface area (Å²) in [5.41, 5.74) is 1.45. The highest BCUT2D eigenvalue weighted by molar-refractivity contribution is 6.07. The summed E-state index contributed by atoms with van der Waals surface area (Å²) in [7, 11) is 0. The topological polar surface area (TPSA) is 84.1 Å². The summed E-state index contributed by atoms with van der Waals surface area (Å²) in [5.74, 6) is 0.465. The van der Waals surface area contributed by atoms with E-state index >= 15 is 0 Å². The van der Waals surface area contributed by atoms with Gasteiger partial charge in [0.25, 0.3) is 5.91 Å². The lowest BCUT2D eigenvalue weighted by Gasteiger charge is -2.31. The van der Waals surface area contributed by atoms with Crippen LogP contribution in [0.25, 0.3) is 11.1 Å². The molecule has 2 aromatic heterocycles. The van der Waals surface area contributed by atoms with Gasteiger partial charge >= 0.3 is 5.76 Å². The zero-order chi connectivity index (χ0) is 15.3. The molecule has 7 heteroatoms. The van der Waals surface area contributed by atoms with Crippen LogP contribution in [-0.4, -0.2) is 27.2 Å². The lowest BCUT2D eigenvalue weighted by Crippen LogP contribution is -2.41. The minimum atomic E-state index is -0.524. The number of benzene rings is 1. The number of carbonyl (C=O) groups is 1. The third-order valence-electron chi connectivity index (χ3n) is 3.86. The first kappa shape index (κ1) is 12.9. The number of aromatic nitrogens is 3. The van der Waals surface area contributed by atoms with Gasteiger partial charge in [0.05, 0.1) is 11.7 Å². The van der Waals surface area contributed by atoms with Crippen LogP contribution in [-0.2, 0) is 6.54 Å². The van der Waals surface area contributed by atoms with E-state index in [2.05, 4.69) is 17.0 Å². The molecule has 0 saturated carbocycles. The highest BCUT2D eigenvalue weighted by Crippen LogP contribution is 2.25. The minimum absolute atomic E-state index is 0.126. The van der Waals surface area contributed by atoms with Gasteiger partial charge in [-0.3, -0.25) is 14.7 Å². The average molecular weight is 298 g/mol. The second-order valence-corrected chi connectivity index (χ2v) is 5.62. The van der Waals surface area contributed by atoms with Crippen LogP contribution in [0.5, 0.6) is 0 Å². The summed E-state index contributed by atoms with van der Waals surface area (Å²) in [4.78, 5) is 28.3. The SMILES string of the molecule is CC1CN(C(=O)c2ccc3[nH]c(=O)oc3c2)c2ccnn2C1. The molecule has 112 valence electrons. The molecule has 22 heavy (non-hydrogen) atoms. The van der Waals surface area contributed by atoms with E-state index in [1.807, 2.05) is 10.7 Å². The van der Waals surface area contributed by atoms with E-state index in [1.165, 1.54) is 0 Å². The van der Waals surface area contributed by atoms with Gasteiger partial charge < -0.3 is 4.42 Å². The summed E-state index contributed by atoms with van der Waals surface area (Å²) in [6, 6.07) is 6.79. The van der Waals surface area contributed by atoms with Crippen molar-refractivity contribution in [3.63, 3.8) is 0 Å². The fourth-order valence-corrected chi connectivity index (χ4v) is 2.88. The van der Waals surface area contributed by atoms with E-state index in [-0.39, 0.29) is 5.91 Å². The molecule has 0 bridgehead atoms. The van der Waals surface area contributed by atoms with Crippen molar-refractivity contribution < 1.29 is 9.21 Å². The summed E-state index contributed by atoms with van der Waals surface area (Å²) in [5, 5.41) is 4.24. The summed E-state index contributed by atoms with van der Waals surface area (Å²) in [6.07, 6.45) is 1.70. The highest BCUT2D eigenvalue weighted by atomic mass is 16.4. The third kappa shape index (κ3) is 1.93. The zero-order valence-electron chi connectivity index (χ0n) is 11.9. The maximum absolute atomic E-state index is 12.8. The molecule has 4 rings (SSSR count). The van der Waals surface area contributed by atoms with Crippen molar-refractivity contribution in [3.8, 4) is 0 Å². The molecule has 1 aliphatic rings. The van der Waals surface area contributed by atoms with Gasteiger partial charge in [-0.25, -0.2) is 9.48 Å². The van der Waals surface area contributed by atoms with Crippen molar-refractivity contribution >= 4 is 22.8 Å². The van der Waals surface area contributed by atoms with Crippen LogP contribution in [0.1, 0.15) is 17.3 Å². The van der Waals surface area contributed by atoms with Crippen molar-refractivity contribution in [2.24, 2.45) is 5.92 Å². The van der Waals surface area contributed by atoms with E-state index in [0.29, 0.717) is 29.1 Å². The van der Waals surface area contributed by atoms with E-state index in [0.717, 1.165) is 12.4 Å². The number of anilines is 1. The average Bonchev–Trinajstić information content (AvgIpc) is 3.09. The smallest absolute Gasteiger partial charge is 0.408 e. The van der Waals surface area contributed by atoms with Crippen molar-refractivity contribution in [1.29, 1.82) is 0 Å². The molecule has 0 fully saturated rings. The first-order valence-corrected chi connectivity index (χ1v) is 7.08. The Hall–Kier alpha value is -2.83. The number of rotatable bonds is 1. The number of aromatic amines is 1. The van der Waals surface area contributed by atoms with Crippen molar-refractivity contribution in [2.45, 2.75) is 13.5 Å². The first-order chi connectivity index (χ1) is 10.6. The lowest BCUT2D eigenvalue weighted by atomic mass is 10.1. The Kier molecular flexibility index (Phi) is 2.69. The summed E-state index contributed by atoms with van der Waals surface area (Å²) in [6.45, 7) is 3.52. The van der Waals surface area contributed by atoms with Crippen LogP contribution in [0, 0.1) is 5.92 Å². The molecule has 1 amide bonds. The Labute approximate surface area is 125 Å². The fourth-order valence-electron chi connectivity index (χ4n) is 2.88. The standard InChI is InChI=1S/C15H14N4O3/c1-9-7-18(13-4-5-16-19(13)8-9)14(20)10-2-3-11-12(6-10)22-15(21)17-11/h2-6,9H,7-8H2,1H3,(H,17,21). The Morgan fingerprint density at radius 3 is 3.09 bits per heavy atom. The van der Waals surface area contributed by atoms with Gasteiger partial charge in [-0.1, -0.05) is 6.92 Å². The number of nitrogens with zero attached hydrogens (tertiary/aromatic N) is 3. The third-order valence-corrected chi connectivity index (χ3v) is 3.86. The molecule has 0 aliphatic carbocycles. The predicted octanol–water partition coefficient (Wildman–Crippen LogP) is 1.61. The molecule has 7 nitrogen and oxygen atoms in total. The molecule has 1 aromatic carbocycles. The number of fused-ring (bicyclic) bond motifs is 2. The predicted molar refractivity (Wildman–Crippen MR) is 79.9 cm³/mol. The van der Waals surface area contributed by atoms with Crippen LogP contribution < -0.4 is 10.7 Å². The number of nitrogens with one attached hydrogen (secondary N) is 1. The van der Waals surface area contributed by atoms with Gasteiger partial charge in [0.1, 0.15) is 5.82 Å². The van der Waals surface area contributed by atoms with E-state index in [9.17, 15) is 9.59 Å². The molecule has 1 aliphatic heterocycles. The quantitative estimate of drug-likeness (QED) is 0.739. The Bertz CT molecular complexity index is 920. The number of hydrogen-bond acceptors (Lipinski definition) is 4. The fraction of sp³-hybridized carbons (Fsp3) is 0.267. The molecule has 1 atom stereocenters. The molecule has 0 saturated heterocycles. The molecule has 3 heterocycles. The number of oxazole rings is 1. The van der Waals surface area contributed by atoms with Gasteiger partial charge in [-0.15, -0.1) is 0 Å². The van der Waals surface area contributed by atoms with Gasteiger partial charge in [-0.05, 0) is 24.1 Å². The van der Waals surface area contributed by atoms with E-state index < -0.39 is 5.76 Å². The Morgan fingerprint density at radius 1 is 1.36 bits per heavy atom. The molecular weight excluding hydrogens is 284 g/mol. The lowest BCUT2D eigenvalue weighted by molar-refractivity contribution is 0.0975. The number of hydrogen-bond donors (Lipinski definition) is 1. The molecule has 0 spiro atoms. The molecule has 1 unspecified atom stereocenters. The van der Waals surface area contributed by atoms with Crippen LogP contribution in [0.2, 0.25) is 0 Å². The molecular formula is C15H14N4O3. The van der Waals surface area contributed by atoms with Crippen molar-refractivity contribution in [3.05, 3.63) is 46.6 Å². The first-order valence-electron chi connectivity index (χ1n) is 7.08. The molecule has 0 radical (unpaired) electrons. The number of carbonyl (C=O) groups excluding carboxylic acids is 1. The summed E-state index contributed by atoms with van der Waals surface area (Å²) < 4.78 is 6.86. The molecule has 3 aromatic rings. The second kappa shape index (κ2) is 4.59. The number of H-pyrrole nitrogens is 1. The van der Waals surface area contributed by atoms with Crippen LogP contribution in [0.4, 0.5) is 5.82 Å². The summed E-state index contributed by atoms with van der Waals surface area (Å²) >= 11 is 0. The maximum atomic E-state index is 12.8. The van der Waals surface area contributed by atoms with Crippen LogP contribution in [0.3, 0.4) is 0 Å². The largest absolute Gasteiger partial charge is 0.417 e. The van der Waals surface area contributed by atoms with E-state index in [1.54, 1.807) is 29.3 Å². The van der Waals surface area contributed by atoms with Gasteiger partial charge in [0.2, 0.25) is 0 Å². The normalized spacial score (nSPS) is 17.7. The number of amides is 1. The second-order valence-electron chi connectivity index (χ2n) is 5.62. The molecule has 1 N–H and O–H groups in total. The zero-order valence-corrected chi connectivity index (χ0v) is 11.9. The highest BCUT2D eigenvalue weighted by Gasteiger charge is 2.28. The van der Waals surface area contributed by atoms with Crippen molar-refractivity contribution in [1.82, 2.24) is 14.8 Å². The Morgan fingerprint density at radius 2 is 2.23 bits per heavy atom. The van der Waals surface area contributed by atoms with Crippen LogP contribution in [0.15, 0.2) is 39.7 Å². The van der Waals surface area contributed by atoms with Gasteiger partial charge in [0.15, 0.2) is 5.58 Å². The monoisotopic (exact) mass is 298 g/mol. The Balaban J connectivity index is 1.75. The van der Waals surface area contributed by atoms with Crippen molar-refractivity contribution in [2.75, 3.05) is 11.4 Å². The maximum Gasteiger partial charge on any atom is 0.417 e. The minimum Gasteiger partial charge on any atom is -0.408 e. The van der Waals surface area contributed by atoms with E-state index in [4.69, 9.17) is 4.42 Å². The van der Waals surface area contributed by atoms with Gasteiger partial charge in [-0.2, -0.15) is 5.10 Å². The van der Waals surface area contributed by atoms with Gasteiger partial charge in [0, 0.05) is 24.7 Å².